The van der Waals surface area contributed by atoms with Gasteiger partial charge in [-0.05, 0) is 98.1 Å². The fourth-order valence-electron chi connectivity index (χ4n) is 9.57. The van der Waals surface area contributed by atoms with E-state index in [1.165, 1.54) is 38.9 Å². The molecule has 11 rings (SSSR count). The summed E-state index contributed by atoms with van der Waals surface area (Å²) in [5.74, 6) is 1.32. The minimum absolute atomic E-state index is 0.280. The second-order valence-corrected chi connectivity index (χ2v) is 17.5. The van der Waals surface area contributed by atoms with Gasteiger partial charge in [0, 0.05) is 44.8 Å². The van der Waals surface area contributed by atoms with Gasteiger partial charge in [0.2, 0.25) is 0 Å². The molecule has 2 heterocycles. The Morgan fingerprint density at radius 1 is 0.387 bits per heavy atom. The fraction of sp³-hybridized carbons (Fsp3) is 0.105. The number of aromatic nitrogens is 4. The Morgan fingerprint density at radius 2 is 0.952 bits per heavy atom. The molecule has 0 amide bonds. The van der Waals surface area contributed by atoms with Crippen LogP contribution in [0.5, 0.6) is 0 Å². The van der Waals surface area contributed by atoms with Crippen molar-refractivity contribution in [2.24, 2.45) is 0 Å². The maximum Gasteiger partial charge on any atom is 0.160 e. The second kappa shape index (κ2) is 14.1. The molecule has 5 heteroatoms. The number of nitrogens with zero attached hydrogens (tertiary/aromatic N) is 5. The van der Waals surface area contributed by atoms with Gasteiger partial charge < -0.3 is 0 Å². The van der Waals surface area contributed by atoms with E-state index in [9.17, 15) is 5.26 Å². The molecule has 0 atom stereocenters. The van der Waals surface area contributed by atoms with Gasteiger partial charge in [-0.15, -0.1) is 0 Å². The third-order valence-corrected chi connectivity index (χ3v) is 12.9. The standard InChI is InChI=1S/C57H41N5/c1-56(2)49-27-35(33-58)19-25-45(49)46-26-24-40(31-50(46)56)41-28-42(30-43(29-41)54-59-34-47-44-17-11-12-18-48(44)57(3,4)53(47)62-54)52-32-51(60-55(61-52)39-15-9-6-10-16-39)38-22-20-37(21-23-38)36-13-7-5-8-14-36/h5-32,34H,1-4H3. The highest BCUT2D eigenvalue weighted by Gasteiger charge is 2.38. The quantitative estimate of drug-likeness (QED) is 0.168. The molecule has 2 aliphatic carbocycles. The lowest BCUT2D eigenvalue weighted by Crippen LogP contribution is -2.17. The van der Waals surface area contributed by atoms with Crippen molar-refractivity contribution in [3.8, 4) is 95.9 Å². The van der Waals surface area contributed by atoms with Gasteiger partial charge in [-0.2, -0.15) is 5.26 Å². The number of hydrogen-bond donors (Lipinski definition) is 0. The first-order valence-corrected chi connectivity index (χ1v) is 21.1. The number of benzene rings is 7. The maximum absolute atomic E-state index is 9.76. The van der Waals surface area contributed by atoms with Gasteiger partial charge in [-0.1, -0.05) is 155 Å². The zero-order valence-electron chi connectivity index (χ0n) is 35.0. The summed E-state index contributed by atoms with van der Waals surface area (Å²) < 4.78 is 0. The first kappa shape index (κ1) is 37.2. The average molecular weight is 796 g/mol. The molecule has 0 fully saturated rings. The first-order chi connectivity index (χ1) is 30.2. The van der Waals surface area contributed by atoms with Crippen molar-refractivity contribution in [3.05, 3.63) is 204 Å². The Balaban J connectivity index is 1.10. The summed E-state index contributed by atoms with van der Waals surface area (Å²) in [5, 5.41) is 9.76. The molecule has 0 spiro atoms. The Morgan fingerprint density at radius 3 is 1.69 bits per heavy atom. The lowest BCUT2D eigenvalue weighted by Gasteiger charge is -2.22. The molecule has 0 saturated heterocycles. The molecule has 62 heavy (non-hydrogen) atoms. The third-order valence-electron chi connectivity index (χ3n) is 12.9. The molecule has 0 saturated carbocycles. The highest BCUT2D eigenvalue weighted by Crippen LogP contribution is 2.51. The largest absolute Gasteiger partial charge is 0.236 e. The van der Waals surface area contributed by atoms with Crippen molar-refractivity contribution in [1.82, 2.24) is 19.9 Å². The van der Waals surface area contributed by atoms with Crippen molar-refractivity contribution in [2.75, 3.05) is 0 Å². The zero-order valence-corrected chi connectivity index (χ0v) is 35.0. The van der Waals surface area contributed by atoms with Crippen LogP contribution in [0.15, 0.2) is 176 Å². The first-order valence-electron chi connectivity index (χ1n) is 21.1. The monoisotopic (exact) mass is 795 g/mol. The summed E-state index contributed by atoms with van der Waals surface area (Å²) in [6, 6.07) is 61.7. The van der Waals surface area contributed by atoms with Gasteiger partial charge in [-0.3, -0.25) is 0 Å². The molecule has 0 aliphatic heterocycles. The third kappa shape index (κ3) is 6.06. The Kier molecular flexibility index (Phi) is 8.49. The molecule has 2 aliphatic rings. The summed E-state index contributed by atoms with van der Waals surface area (Å²) >= 11 is 0. The van der Waals surface area contributed by atoms with Crippen LogP contribution in [-0.2, 0) is 10.8 Å². The molecular weight excluding hydrogens is 755 g/mol. The maximum atomic E-state index is 9.76. The molecule has 5 nitrogen and oxygen atoms in total. The van der Waals surface area contributed by atoms with E-state index in [1.807, 2.05) is 42.6 Å². The molecule has 0 N–H and O–H groups in total. The molecule has 0 radical (unpaired) electrons. The van der Waals surface area contributed by atoms with E-state index in [1.54, 1.807) is 0 Å². The molecule has 0 bridgehead atoms. The lowest BCUT2D eigenvalue weighted by molar-refractivity contribution is 0.636. The molecule has 7 aromatic carbocycles. The predicted molar refractivity (Wildman–Crippen MR) is 250 cm³/mol. The van der Waals surface area contributed by atoms with Crippen molar-refractivity contribution >= 4 is 0 Å². The number of nitriles is 1. The minimum Gasteiger partial charge on any atom is -0.236 e. The summed E-state index contributed by atoms with van der Waals surface area (Å²) in [6.45, 7) is 9.01. The van der Waals surface area contributed by atoms with Crippen molar-refractivity contribution in [2.45, 2.75) is 38.5 Å². The van der Waals surface area contributed by atoms with Crippen LogP contribution in [-0.4, -0.2) is 19.9 Å². The van der Waals surface area contributed by atoms with Crippen LogP contribution in [0.2, 0.25) is 0 Å². The van der Waals surface area contributed by atoms with E-state index >= 15 is 0 Å². The summed E-state index contributed by atoms with van der Waals surface area (Å²) in [5.41, 5.74) is 19.3. The minimum atomic E-state index is -0.292. The van der Waals surface area contributed by atoms with E-state index in [-0.39, 0.29) is 10.8 Å². The highest BCUT2D eigenvalue weighted by atomic mass is 14.9. The summed E-state index contributed by atoms with van der Waals surface area (Å²) in [4.78, 5) is 20.9. The van der Waals surface area contributed by atoms with E-state index in [2.05, 4.69) is 167 Å². The van der Waals surface area contributed by atoms with Crippen LogP contribution in [0.1, 0.15) is 55.6 Å². The van der Waals surface area contributed by atoms with E-state index in [0.717, 1.165) is 61.6 Å². The number of rotatable bonds is 6. The molecule has 9 aromatic rings. The molecule has 2 aromatic heterocycles. The van der Waals surface area contributed by atoms with Crippen LogP contribution >= 0.6 is 0 Å². The highest BCUT2D eigenvalue weighted by molar-refractivity contribution is 5.87. The van der Waals surface area contributed by atoms with E-state index in [4.69, 9.17) is 19.9 Å². The van der Waals surface area contributed by atoms with Crippen LogP contribution in [0.3, 0.4) is 0 Å². The zero-order chi connectivity index (χ0) is 42.2. The normalized spacial score (nSPS) is 13.7. The lowest BCUT2D eigenvalue weighted by atomic mass is 9.81. The second-order valence-electron chi connectivity index (χ2n) is 17.5. The van der Waals surface area contributed by atoms with Gasteiger partial charge in [0.1, 0.15) is 0 Å². The van der Waals surface area contributed by atoms with Crippen LogP contribution < -0.4 is 0 Å². The van der Waals surface area contributed by atoms with E-state index < -0.39 is 0 Å². The van der Waals surface area contributed by atoms with Gasteiger partial charge in [0.25, 0.3) is 0 Å². The fourth-order valence-corrected chi connectivity index (χ4v) is 9.57. The van der Waals surface area contributed by atoms with Gasteiger partial charge in [0.15, 0.2) is 11.6 Å². The average Bonchev–Trinajstić information content (AvgIpc) is 3.70. The molecule has 294 valence electrons. The molecule has 0 unspecified atom stereocenters. The van der Waals surface area contributed by atoms with E-state index in [0.29, 0.717) is 17.2 Å². The molecular formula is C57H41N5. The van der Waals surface area contributed by atoms with Crippen molar-refractivity contribution in [3.63, 3.8) is 0 Å². The van der Waals surface area contributed by atoms with Gasteiger partial charge in [-0.25, -0.2) is 19.9 Å². The van der Waals surface area contributed by atoms with Gasteiger partial charge in [0.05, 0.1) is 28.7 Å². The van der Waals surface area contributed by atoms with Crippen LogP contribution in [0.25, 0.3) is 89.8 Å². The van der Waals surface area contributed by atoms with Gasteiger partial charge >= 0.3 is 0 Å². The smallest absolute Gasteiger partial charge is 0.160 e. The summed E-state index contributed by atoms with van der Waals surface area (Å²) in [7, 11) is 0. The van der Waals surface area contributed by atoms with Crippen molar-refractivity contribution < 1.29 is 0 Å². The Bertz CT molecular complexity index is 3290. The SMILES string of the molecule is CC1(C)c2cc(C#N)ccc2-c2ccc(-c3cc(-c4cc(-c5ccc(-c6ccccc6)cc5)nc(-c5ccccc5)n4)cc(-c4ncc5c(n4)C(C)(C)c4ccccc4-5)c3)cc21. The Hall–Kier alpha value is -7.81. The number of fused-ring (bicyclic) bond motifs is 6. The van der Waals surface area contributed by atoms with Crippen molar-refractivity contribution in [1.29, 1.82) is 5.26 Å². The van der Waals surface area contributed by atoms with Crippen LogP contribution in [0.4, 0.5) is 0 Å². The topological polar surface area (TPSA) is 75.3 Å². The van der Waals surface area contributed by atoms with Crippen LogP contribution in [0, 0.1) is 11.3 Å². The summed E-state index contributed by atoms with van der Waals surface area (Å²) in [6.07, 6.45) is 2.00. The Labute approximate surface area is 362 Å². The number of hydrogen-bond acceptors (Lipinski definition) is 5. The predicted octanol–water partition coefficient (Wildman–Crippen LogP) is 13.8.